The second kappa shape index (κ2) is 5.94. The van der Waals surface area contributed by atoms with Crippen molar-refractivity contribution < 1.29 is 17.5 Å². The zero-order valence-corrected chi connectivity index (χ0v) is 13.3. The first-order valence-electron chi connectivity index (χ1n) is 6.16. The van der Waals surface area contributed by atoms with Crippen molar-refractivity contribution in [2.45, 2.75) is 18.7 Å². The number of hydrogen-bond acceptors (Lipinski definition) is 5. The third-order valence-electron chi connectivity index (χ3n) is 2.95. The van der Waals surface area contributed by atoms with Gasteiger partial charge < -0.3 is 4.18 Å². The summed E-state index contributed by atoms with van der Waals surface area (Å²) in [6, 6.07) is 7.67. The topological polar surface area (TPSA) is 86.5 Å². The van der Waals surface area contributed by atoms with Gasteiger partial charge in [-0.15, -0.1) is 0 Å². The molecule has 0 atom stereocenters. The molecule has 0 aromatic heterocycles. The lowest BCUT2D eigenvalue weighted by Crippen LogP contribution is -2.11. The molecule has 0 bridgehead atoms. The van der Waals surface area contributed by atoms with Crippen molar-refractivity contribution in [1.82, 2.24) is 0 Å². The van der Waals surface area contributed by atoms with E-state index in [1.54, 1.807) is 26.0 Å². The Balaban J connectivity index is 2.38. The predicted octanol–water partition coefficient (Wildman–Crippen LogP) is 3.63. The van der Waals surface area contributed by atoms with Crippen LogP contribution in [-0.4, -0.2) is 13.3 Å². The fraction of sp³-hybridized carbons (Fsp3) is 0.143. The van der Waals surface area contributed by atoms with Gasteiger partial charge in [-0.2, -0.15) is 8.42 Å². The van der Waals surface area contributed by atoms with Crippen molar-refractivity contribution in [2.75, 3.05) is 0 Å². The van der Waals surface area contributed by atoms with E-state index in [9.17, 15) is 18.5 Å². The fourth-order valence-electron chi connectivity index (χ4n) is 1.92. The predicted molar refractivity (Wildman–Crippen MR) is 81.8 cm³/mol. The van der Waals surface area contributed by atoms with Gasteiger partial charge in [0.15, 0.2) is 0 Å². The van der Waals surface area contributed by atoms with Crippen molar-refractivity contribution in [3.05, 3.63) is 62.7 Å². The summed E-state index contributed by atoms with van der Waals surface area (Å²) in [6.07, 6.45) is 0. The van der Waals surface area contributed by atoms with Crippen LogP contribution >= 0.6 is 11.6 Å². The van der Waals surface area contributed by atoms with E-state index < -0.39 is 15.0 Å². The van der Waals surface area contributed by atoms with Gasteiger partial charge in [0.1, 0.15) is 10.6 Å². The molecule has 0 spiro atoms. The van der Waals surface area contributed by atoms with Crippen LogP contribution in [0, 0.1) is 24.0 Å². The largest absolute Gasteiger partial charge is 0.378 e. The van der Waals surface area contributed by atoms with Crippen molar-refractivity contribution >= 4 is 27.4 Å². The molecule has 0 N–H and O–H groups in total. The third-order valence-corrected chi connectivity index (χ3v) is 4.41. The smallest absolute Gasteiger partial charge is 0.339 e. The normalized spacial score (nSPS) is 11.2. The molecule has 0 fully saturated rings. The van der Waals surface area contributed by atoms with Crippen LogP contribution in [0.15, 0.2) is 41.3 Å². The number of non-ortho nitro benzene ring substituents is 1. The summed E-state index contributed by atoms with van der Waals surface area (Å²) in [5.74, 6) is 0.197. The first-order chi connectivity index (χ1) is 10.2. The monoisotopic (exact) mass is 341 g/mol. The Hall–Kier alpha value is -2.12. The number of rotatable bonds is 4. The van der Waals surface area contributed by atoms with E-state index >= 15 is 0 Å². The SMILES string of the molecule is Cc1cc(Cl)cc(C)c1OS(=O)(=O)c1ccc([N+](=O)[O-])cc1. The van der Waals surface area contributed by atoms with Gasteiger partial charge in [-0.3, -0.25) is 10.1 Å². The minimum absolute atomic E-state index is 0.160. The summed E-state index contributed by atoms with van der Waals surface area (Å²) in [7, 11) is -4.08. The highest BCUT2D eigenvalue weighted by Gasteiger charge is 2.20. The van der Waals surface area contributed by atoms with Crippen molar-refractivity contribution in [3.8, 4) is 5.75 Å². The molecule has 2 rings (SSSR count). The van der Waals surface area contributed by atoms with Crippen molar-refractivity contribution in [2.24, 2.45) is 0 Å². The van der Waals surface area contributed by atoms with Crippen LogP contribution in [0.2, 0.25) is 5.02 Å². The molecule has 0 radical (unpaired) electrons. The zero-order valence-electron chi connectivity index (χ0n) is 11.7. The van der Waals surface area contributed by atoms with Crippen LogP contribution in [0.4, 0.5) is 5.69 Å². The maximum absolute atomic E-state index is 12.2. The van der Waals surface area contributed by atoms with E-state index in [2.05, 4.69) is 0 Å². The summed E-state index contributed by atoms with van der Waals surface area (Å²) in [4.78, 5) is 9.82. The highest BCUT2D eigenvalue weighted by molar-refractivity contribution is 7.87. The molecule has 0 heterocycles. The summed E-state index contributed by atoms with van der Waals surface area (Å²) in [5, 5.41) is 11.1. The Labute approximate surface area is 132 Å². The molecule has 22 heavy (non-hydrogen) atoms. The quantitative estimate of drug-likeness (QED) is 0.481. The first kappa shape index (κ1) is 16.3. The van der Waals surface area contributed by atoms with E-state index in [4.69, 9.17) is 15.8 Å². The molecule has 0 saturated carbocycles. The minimum atomic E-state index is -4.08. The van der Waals surface area contributed by atoms with E-state index in [1.165, 1.54) is 0 Å². The maximum atomic E-state index is 12.2. The maximum Gasteiger partial charge on any atom is 0.339 e. The molecule has 0 aliphatic heterocycles. The summed E-state index contributed by atoms with van der Waals surface area (Å²) in [5.41, 5.74) is 0.962. The Morgan fingerprint density at radius 1 is 1.09 bits per heavy atom. The lowest BCUT2D eigenvalue weighted by atomic mass is 10.1. The van der Waals surface area contributed by atoms with E-state index in [-0.39, 0.29) is 16.3 Å². The van der Waals surface area contributed by atoms with Gasteiger partial charge in [0.05, 0.1) is 4.92 Å². The van der Waals surface area contributed by atoms with Crippen LogP contribution in [0.25, 0.3) is 0 Å². The van der Waals surface area contributed by atoms with Gasteiger partial charge in [0, 0.05) is 17.2 Å². The second-order valence-corrected chi connectivity index (χ2v) is 6.64. The number of benzene rings is 2. The second-order valence-electron chi connectivity index (χ2n) is 4.66. The number of halogens is 1. The van der Waals surface area contributed by atoms with E-state index in [0.717, 1.165) is 24.3 Å². The van der Waals surface area contributed by atoms with Crippen LogP contribution in [0.5, 0.6) is 5.75 Å². The summed E-state index contributed by atoms with van der Waals surface area (Å²) >= 11 is 5.89. The number of nitro benzene ring substituents is 1. The molecular formula is C14H12ClNO5S. The number of nitro groups is 1. The van der Waals surface area contributed by atoms with Crippen LogP contribution in [-0.2, 0) is 10.1 Å². The molecule has 6 nitrogen and oxygen atoms in total. The molecule has 0 amide bonds. The molecule has 116 valence electrons. The molecule has 8 heteroatoms. The Bertz CT molecular complexity index is 808. The highest BCUT2D eigenvalue weighted by atomic mass is 35.5. The average Bonchev–Trinajstić information content (AvgIpc) is 2.43. The van der Waals surface area contributed by atoms with Crippen molar-refractivity contribution in [3.63, 3.8) is 0 Å². The summed E-state index contributed by atoms with van der Waals surface area (Å²) < 4.78 is 29.6. The lowest BCUT2D eigenvalue weighted by molar-refractivity contribution is -0.384. The third kappa shape index (κ3) is 3.37. The summed E-state index contributed by atoms with van der Waals surface area (Å²) in [6.45, 7) is 3.36. The molecule has 0 unspecified atom stereocenters. The average molecular weight is 342 g/mol. The zero-order chi connectivity index (χ0) is 16.5. The molecular weight excluding hydrogens is 330 g/mol. The van der Waals surface area contributed by atoms with Gasteiger partial charge in [-0.25, -0.2) is 0 Å². The van der Waals surface area contributed by atoms with Crippen molar-refractivity contribution in [1.29, 1.82) is 0 Å². The van der Waals surface area contributed by atoms with Gasteiger partial charge in [0.2, 0.25) is 0 Å². The molecule has 0 aliphatic carbocycles. The van der Waals surface area contributed by atoms with Crippen LogP contribution in [0.1, 0.15) is 11.1 Å². The molecule has 0 aliphatic rings. The molecule has 2 aromatic rings. The number of aryl methyl sites for hydroxylation is 2. The van der Waals surface area contributed by atoms with Crippen LogP contribution < -0.4 is 4.18 Å². The Morgan fingerprint density at radius 2 is 1.59 bits per heavy atom. The van der Waals surface area contributed by atoms with E-state index in [0.29, 0.717) is 16.1 Å². The standard InChI is InChI=1S/C14H12ClNO5S/c1-9-7-11(15)8-10(2)14(9)21-22(19,20)13-5-3-12(4-6-13)16(17)18/h3-8H,1-2H3. The highest BCUT2D eigenvalue weighted by Crippen LogP contribution is 2.30. The Morgan fingerprint density at radius 3 is 2.05 bits per heavy atom. The van der Waals surface area contributed by atoms with Gasteiger partial charge in [0.25, 0.3) is 5.69 Å². The van der Waals surface area contributed by atoms with E-state index in [1.807, 2.05) is 0 Å². The van der Waals surface area contributed by atoms with Gasteiger partial charge in [-0.1, -0.05) is 11.6 Å². The van der Waals surface area contributed by atoms with Crippen LogP contribution in [0.3, 0.4) is 0 Å². The molecule has 2 aromatic carbocycles. The Kier molecular flexibility index (Phi) is 4.39. The lowest BCUT2D eigenvalue weighted by Gasteiger charge is -2.12. The molecule has 0 saturated heterocycles. The number of nitrogens with zero attached hydrogens (tertiary/aromatic N) is 1. The van der Waals surface area contributed by atoms with Gasteiger partial charge in [-0.05, 0) is 49.2 Å². The first-order valence-corrected chi connectivity index (χ1v) is 7.95. The number of hydrogen-bond donors (Lipinski definition) is 0. The van der Waals surface area contributed by atoms with Gasteiger partial charge >= 0.3 is 10.1 Å². The minimum Gasteiger partial charge on any atom is -0.378 e. The fourth-order valence-corrected chi connectivity index (χ4v) is 3.30.